The number of hydrogen-bond acceptors (Lipinski definition) is 5. The van der Waals surface area contributed by atoms with E-state index in [0.29, 0.717) is 55.3 Å². The van der Waals surface area contributed by atoms with Crippen molar-refractivity contribution >= 4 is 23.4 Å². The van der Waals surface area contributed by atoms with E-state index in [9.17, 15) is 23.1 Å². The number of halogens is 3. The van der Waals surface area contributed by atoms with Crippen LogP contribution in [0.15, 0.2) is 18.3 Å². The third-order valence-electron chi connectivity index (χ3n) is 6.13. The molecule has 168 valence electrons. The number of ether oxygens (including phenoxy) is 1. The van der Waals surface area contributed by atoms with E-state index in [1.807, 2.05) is 0 Å². The lowest BCUT2D eigenvalue weighted by atomic mass is 9.68. The number of carbonyl (C=O) groups excluding carboxylic acids is 1. The normalized spacial score (nSPS) is 28.4. The number of aliphatic hydroxyl groups is 1. The van der Waals surface area contributed by atoms with Crippen molar-refractivity contribution in [2.75, 3.05) is 17.2 Å². The molecule has 30 heavy (non-hydrogen) atoms. The molecule has 5 nitrogen and oxygen atoms in total. The van der Waals surface area contributed by atoms with Gasteiger partial charge < -0.3 is 14.7 Å². The summed E-state index contributed by atoms with van der Waals surface area (Å²) in [6.45, 7) is 5.67. The molecule has 1 aliphatic carbocycles. The minimum atomic E-state index is -4.46. The summed E-state index contributed by atoms with van der Waals surface area (Å²) < 4.78 is 42.7. The van der Waals surface area contributed by atoms with Crippen molar-refractivity contribution in [3.8, 4) is 5.88 Å². The highest BCUT2D eigenvalue weighted by Gasteiger charge is 2.51. The van der Waals surface area contributed by atoms with Gasteiger partial charge in [0.25, 0.3) is 0 Å². The number of aromatic nitrogens is 1. The molecule has 0 radical (unpaired) electrons. The fourth-order valence-corrected chi connectivity index (χ4v) is 4.97. The zero-order valence-corrected chi connectivity index (χ0v) is 18.4. The van der Waals surface area contributed by atoms with E-state index < -0.39 is 23.3 Å². The van der Waals surface area contributed by atoms with Crippen molar-refractivity contribution in [1.82, 2.24) is 4.98 Å². The molecule has 2 fully saturated rings. The van der Waals surface area contributed by atoms with Crippen LogP contribution in [0, 0.1) is 5.41 Å². The quantitative estimate of drug-likeness (QED) is 0.693. The molecule has 0 unspecified atom stereocenters. The Hall–Kier alpha value is -1.48. The van der Waals surface area contributed by atoms with Crippen LogP contribution in [0.4, 0.5) is 18.9 Å². The first-order valence-electron chi connectivity index (χ1n) is 10.3. The second-order valence-corrected chi connectivity index (χ2v) is 10.3. The number of amides is 1. The summed E-state index contributed by atoms with van der Waals surface area (Å²) in [6, 6.07) is 2.93. The summed E-state index contributed by atoms with van der Waals surface area (Å²) in [5.41, 5.74) is -0.627. The first-order chi connectivity index (χ1) is 13.9. The molecule has 1 amide bonds. The topological polar surface area (TPSA) is 62.7 Å². The smallest absolute Gasteiger partial charge is 0.425 e. The van der Waals surface area contributed by atoms with Gasteiger partial charge in [-0.1, -0.05) is 13.8 Å². The van der Waals surface area contributed by atoms with Crippen LogP contribution < -0.4 is 9.64 Å². The predicted octanol–water partition coefficient (Wildman–Crippen LogP) is 4.58. The third-order valence-corrected chi connectivity index (χ3v) is 7.50. The van der Waals surface area contributed by atoms with Gasteiger partial charge in [0.1, 0.15) is 0 Å². The Morgan fingerprint density at radius 1 is 1.20 bits per heavy atom. The van der Waals surface area contributed by atoms with Gasteiger partial charge in [0, 0.05) is 18.4 Å². The summed E-state index contributed by atoms with van der Waals surface area (Å²) in [5, 5.41) is 11.3. The number of nitrogens with zero attached hydrogens (tertiary/aromatic N) is 2. The average molecular weight is 447 g/mol. The zero-order valence-electron chi connectivity index (χ0n) is 17.5. The molecule has 1 spiro atoms. The maximum Gasteiger partial charge on any atom is 0.425 e. The molecule has 1 aromatic rings. The summed E-state index contributed by atoms with van der Waals surface area (Å²) in [7, 11) is 0. The molecule has 2 aliphatic rings. The fraction of sp³-hybridized carbons (Fsp3) is 0.714. The zero-order chi connectivity index (χ0) is 22.2. The minimum absolute atomic E-state index is 0.0141. The van der Waals surface area contributed by atoms with E-state index in [2.05, 4.69) is 18.8 Å². The van der Waals surface area contributed by atoms with Crippen molar-refractivity contribution in [3.05, 3.63) is 18.3 Å². The molecule has 1 saturated heterocycles. The molecule has 2 heterocycles. The SMILES string of the molecule is CC(C)SC[C@]1(O)CC[C@]2(CCN(c3ccc(O[C@H](C)C(F)(F)F)nc3)C2=O)CC1. The monoisotopic (exact) mass is 446 g/mol. The Kier molecular flexibility index (Phi) is 6.63. The van der Waals surface area contributed by atoms with Gasteiger partial charge in [-0.3, -0.25) is 4.79 Å². The van der Waals surface area contributed by atoms with Crippen molar-refractivity contribution in [1.29, 1.82) is 0 Å². The lowest BCUT2D eigenvalue weighted by Crippen LogP contribution is -2.44. The first kappa shape index (κ1) is 23.2. The molecule has 3 rings (SSSR count). The van der Waals surface area contributed by atoms with Crippen molar-refractivity contribution in [2.45, 2.75) is 76.0 Å². The largest absolute Gasteiger partial charge is 0.465 e. The number of anilines is 1. The van der Waals surface area contributed by atoms with E-state index >= 15 is 0 Å². The van der Waals surface area contributed by atoms with Gasteiger partial charge >= 0.3 is 6.18 Å². The molecule has 1 saturated carbocycles. The van der Waals surface area contributed by atoms with Crippen LogP contribution in [-0.4, -0.2) is 51.4 Å². The maximum atomic E-state index is 13.2. The standard InChI is InChI=1S/C21H29F3N2O3S/c1-14(2)30-13-20(28)8-6-19(7-9-20)10-11-26(18(19)27)16-4-5-17(25-12-16)29-15(3)21(22,23)24/h4-5,12,14-15,28H,6-11,13H2,1-3H3/t15-,19-,20+/m1/s1. The molecular weight excluding hydrogens is 417 g/mol. The maximum absolute atomic E-state index is 13.2. The number of hydrogen-bond donors (Lipinski definition) is 1. The van der Waals surface area contributed by atoms with Gasteiger partial charge in [-0.05, 0) is 50.3 Å². The summed E-state index contributed by atoms with van der Waals surface area (Å²) >= 11 is 1.74. The highest BCUT2D eigenvalue weighted by Crippen LogP contribution is 2.49. The van der Waals surface area contributed by atoms with E-state index in [-0.39, 0.29) is 11.8 Å². The van der Waals surface area contributed by atoms with Crippen molar-refractivity contribution < 1.29 is 27.8 Å². The van der Waals surface area contributed by atoms with Crippen molar-refractivity contribution in [3.63, 3.8) is 0 Å². The number of carbonyl (C=O) groups is 1. The van der Waals surface area contributed by atoms with Gasteiger partial charge in [0.05, 0.1) is 22.9 Å². The highest BCUT2D eigenvalue weighted by atomic mass is 32.2. The van der Waals surface area contributed by atoms with Gasteiger partial charge in [-0.15, -0.1) is 0 Å². The van der Waals surface area contributed by atoms with E-state index in [0.717, 1.165) is 6.92 Å². The second kappa shape index (κ2) is 8.57. The van der Waals surface area contributed by atoms with Crippen LogP contribution in [0.3, 0.4) is 0 Å². The molecule has 1 atom stereocenters. The highest BCUT2D eigenvalue weighted by molar-refractivity contribution is 7.99. The van der Waals surface area contributed by atoms with Crippen LogP contribution in [0.5, 0.6) is 5.88 Å². The Balaban J connectivity index is 1.62. The number of thioether (sulfide) groups is 1. The molecule has 0 bridgehead atoms. The Bertz CT molecular complexity index is 747. The molecular formula is C21H29F3N2O3S. The van der Waals surface area contributed by atoms with Gasteiger partial charge in [0.2, 0.25) is 11.8 Å². The molecule has 0 aromatic carbocycles. The Labute approximate surface area is 179 Å². The lowest BCUT2D eigenvalue weighted by Gasteiger charge is -2.41. The van der Waals surface area contributed by atoms with Crippen LogP contribution in [-0.2, 0) is 4.79 Å². The minimum Gasteiger partial charge on any atom is -0.465 e. The molecule has 1 N–H and O–H groups in total. The Morgan fingerprint density at radius 2 is 1.87 bits per heavy atom. The van der Waals surface area contributed by atoms with E-state index in [4.69, 9.17) is 4.74 Å². The Morgan fingerprint density at radius 3 is 2.40 bits per heavy atom. The average Bonchev–Trinajstić information content (AvgIpc) is 2.99. The molecule has 9 heteroatoms. The fourth-order valence-electron chi connectivity index (χ4n) is 4.04. The van der Waals surface area contributed by atoms with Crippen LogP contribution in [0.2, 0.25) is 0 Å². The van der Waals surface area contributed by atoms with Gasteiger partial charge in [-0.2, -0.15) is 24.9 Å². The lowest BCUT2D eigenvalue weighted by molar-refractivity contribution is -0.189. The number of alkyl halides is 3. The number of rotatable bonds is 6. The van der Waals surface area contributed by atoms with Crippen LogP contribution >= 0.6 is 11.8 Å². The van der Waals surface area contributed by atoms with Crippen LogP contribution in [0.1, 0.15) is 52.9 Å². The van der Waals surface area contributed by atoms with Crippen molar-refractivity contribution in [2.24, 2.45) is 5.41 Å². The molecule has 1 aromatic heterocycles. The van der Waals surface area contributed by atoms with Gasteiger partial charge in [-0.25, -0.2) is 4.98 Å². The predicted molar refractivity (Wildman–Crippen MR) is 111 cm³/mol. The second-order valence-electron chi connectivity index (χ2n) is 8.73. The third kappa shape index (κ3) is 5.04. The number of pyridine rings is 1. The van der Waals surface area contributed by atoms with Crippen LogP contribution in [0.25, 0.3) is 0 Å². The molecule has 1 aliphatic heterocycles. The van der Waals surface area contributed by atoms with E-state index in [1.165, 1.54) is 12.3 Å². The summed E-state index contributed by atoms with van der Waals surface area (Å²) in [5.74, 6) is 0.566. The summed E-state index contributed by atoms with van der Waals surface area (Å²) in [6.07, 6.45) is -1.82. The first-order valence-corrected chi connectivity index (χ1v) is 11.3. The summed E-state index contributed by atoms with van der Waals surface area (Å²) in [4.78, 5) is 18.8. The van der Waals surface area contributed by atoms with Gasteiger partial charge in [0.15, 0.2) is 6.10 Å². The van der Waals surface area contributed by atoms with E-state index in [1.54, 1.807) is 22.7 Å².